The smallest absolute Gasteiger partial charge is 0.409 e. The second-order valence-electron chi connectivity index (χ2n) is 11.4. The lowest BCUT2D eigenvalue weighted by Gasteiger charge is -2.39. The summed E-state index contributed by atoms with van der Waals surface area (Å²) in [5.41, 5.74) is 6.18. The van der Waals surface area contributed by atoms with E-state index in [0.717, 1.165) is 22.3 Å². The van der Waals surface area contributed by atoms with Crippen LogP contribution in [0, 0.1) is 0 Å². The fraction of sp³-hybridized carbons (Fsp3) is 0.257. The van der Waals surface area contributed by atoms with Crippen LogP contribution in [-0.2, 0) is 14.3 Å². The maximum atomic E-state index is 13.2. The van der Waals surface area contributed by atoms with Gasteiger partial charge in [-0.15, -0.1) is 0 Å². The van der Waals surface area contributed by atoms with E-state index in [9.17, 15) is 14.4 Å². The summed E-state index contributed by atoms with van der Waals surface area (Å²) < 4.78 is 12.3. The molecule has 11 nitrogen and oxygen atoms in total. The molecule has 1 N–H and O–H groups in total. The van der Waals surface area contributed by atoms with Gasteiger partial charge in [-0.2, -0.15) is 0 Å². The highest BCUT2D eigenvalue weighted by Gasteiger charge is 2.34. The van der Waals surface area contributed by atoms with Gasteiger partial charge in [0.15, 0.2) is 0 Å². The van der Waals surface area contributed by atoms with Gasteiger partial charge in [-0.05, 0) is 52.1 Å². The maximum Gasteiger partial charge on any atom is 0.409 e. The standard InChI is InChI=1S/C35H33ClN6O5/c1-4-33(43)42-17-22(16-41(3)35(45)46-19-27-25-11-7-5-9-23(25)24-10-6-8-12-26(24)27)47-31(18-42)21-13-29(40-32(36)14-21)28-15-30(34(44)37-2)39-20-38-28/h4-15,20,22,27,31H,1,16-19H2,2-3H3,(H,37,44)/t22-,31+/m1/s1. The molecule has 1 saturated heterocycles. The topological polar surface area (TPSA) is 127 Å². The second kappa shape index (κ2) is 13.7. The van der Waals surface area contributed by atoms with Crippen LogP contribution in [0.15, 0.2) is 85.7 Å². The first-order chi connectivity index (χ1) is 22.7. The predicted molar refractivity (Wildman–Crippen MR) is 176 cm³/mol. The average Bonchev–Trinajstić information content (AvgIpc) is 3.42. The van der Waals surface area contributed by atoms with Crippen LogP contribution in [0.4, 0.5) is 4.79 Å². The molecule has 0 unspecified atom stereocenters. The number of nitrogens with zero attached hydrogens (tertiary/aromatic N) is 5. The summed E-state index contributed by atoms with van der Waals surface area (Å²) >= 11 is 6.43. The molecular weight excluding hydrogens is 620 g/mol. The van der Waals surface area contributed by atoms with Crippen molar-refractivity contribution in [2.75, 3.05) is 40.3 Å². The van der Waals surface area contributed by atoms with Crippen molar-refractivity contribution in [3.63, 3.8) is 0 Å². The van der Waals surface area contributed by atoms with Crippen molar-refractivity contribution in [3.05, 3.63) is 113 Å². The summed E-state index contributed by atoms with van der Waals surface area (Å²) in [5.74, 6) is -0.698. The predicted octanol–water partition coefficient (Wildman–Crippen LogP) is 4.89. The first kappa shape index (κ1) is 31.8. The number of nitrogens with one attached hydrogen (secondary N) is 1. The summed E-state index contributed by atoms with van der Waals surface area (Å²) in [7, 11) is 3.16. The Bertz CT molecular complexity index is 1810. The fourth-order valence-corrected chi connectivity index (χ4v) is 6.32. The summed E-state index contributed by atoms with van der Waals surface area (Å²) in [6.07, 6.45) is 0.884. The molecule has 12 heteroatoms. The summed E-state index contributed by atoms with van der Waals surface area (Å²) in [6.45, 7) is 4.47. The number of likely N-dealkylation sites (N-methyl/N-ethyl adjacent to an activating group) is 1. The summed E-state index contributed by atoms with van der Waals surface area (Å²) in [6, 6.07) is 21.2. The van der Waals surface area contributed by atoms with Crippen molar-refractivity contribution in [1.29, 1.82) is 0 Å². The van der Waals surface area contributed by atoms with Gasteiger partial charge in [0, 0.05) is 26.6 Å². The molecule has 0 bridgehead atoms. The van der Waals surface area contributed by atoms with Crippen molar-refractivity contribution in [2.24, 2.45) is 0 Å². The highest BCUT2D eigenvalue weighted by atomic mass is 35.5. The van der Waals surface area contributed by atoms with E-state index in [1.807, 2.05) is 24.3 Å². The molecule has 3 amide bonds. The van der Waals surface area contributed by atoms with Crippen molar-refractivity contribution in [3.8, 4) is 22.5 Å². The molecule has 0 spiro atoms. The SMILES string of the molecule is C=CC(=O)N1C[C@@H](CN(C)C(=O)OCC2c3ccccc3-c3ccccc32)O[C@H](c2cc(Cl)nc(-c3cc(C(=O)NC)ncn3)c2)C1. The second-order valence-corrected chi connectivity index (χ2v) is 11.7. The van der Waals surface area contributed by atoms with Crippen LogP contribution in [-0.4, -0.2) is 89.1 Å². The Labute approximate surface area is 277 Å². The molecule has 4 aromatic rings. The van der Waals surface area contributed by atoms with Crippen molar-refractivity contribution >= 4 is 29.5 Å². The summed E-state index contributed by atoms with van der Waals surface area (Å²) in [4.78, 5) is 53.9. The zero-order chi connectivity index (χ0) is 33.1. The van der Waals surface area contributed by atoms with Gasteiger partial charge in [-0.3, -0.25) is 9.59 Å². The number of carbonyl (C=O) groups excluding carboxylic acids is 3. The largest absolute Gasteiger partial charge is 0.448 e. The molecule has 47 heavy (non-hydrogen) atoms. The third-order valence-electron chi connectivity index (χ3n) is 8.36. The highest BCUT2D eigenvalue weighted by molar-refractivity contribution is 6.29. The molecule has 1 aliphatic carbocycles. The lowest BCUT2D eigenvalue weighted by atomic mass is 9.98. The molecule has 3 heterocycles. The number of hydrogen-bond donors (Lipinski definition) is 1. The van der Waals surface area contributed by atoms with E-state index >= 15 is 0 Å². The van der Waals surface area contributed by atoms with Gasteiger partial charge >= 0.3 is 6.09 Å². The number of ether oxygens (including phenoxy) is 2. The molecule has 0 saturated carbocycles. The van der Waals surface area contributed by atoms with E-state index in [-0.39, 0.29) is 54.8 Å². The Morgan fingerprint density at radius 3 is 2.43 bits per heavy atom. The minimum Gasteiger partial charge on any atom is -0.448 e. The molecule has 2 atom stereocenters. The zero-order valence-corrected chi connectivity index (χ0v) is 26.7. The van der Waals surface area contributed by atoms with Crippen LogP contribution in [0.1, 0.15) is 39.2 Å². The number of halogens is 1. The van der Waals surface area contributed by atoms with Crippen molar-refractivity contribution < 1.29 is 23.9 Å². The van der Waals surface area contributed by atoms with Crippen molar-refractivity contribution in [2.45, 2.75) is 18.1 Å². The summed E-state index contributed by atoms with van der Waals surface area (Å²) in [5, 5.41) is 2.72. The Balaban J connectivity index is 1.17. The fourth-order valence-electron chi connectivity index (χ4n) is 6.10. The molecular formula is C35H33ClN6O5. The normalized spacial score (nSPS) is 17.0. The molecule has 2 aromatic heterocycles. The Kier molecular flexibility index (Phi) is 9.28. The lowest BCUT2D eigenvalue weighted by Crippen LogP contribution is -2.50. The Morgan fingerprint density at radius 2 is 1.74 bits per heavy atom. The lowest BCUT2D eigenvalue weighted by molar-refractivity contribution is -0.142. The van der Waals surface area contributed by atoms with E-state index in [0.29, 0.717) is 17.0 Å². The van der Waals surface area contributed by atoms with Crippen LogP contribution in [0.25, 0.3) is 22.5 Å². The van der Waals surface area contributed by atoms with E-state index in [4.69, 9.17) is 21.1 Å². The van der Waals surface area contributed by atoms with Gasteiger partial charge in [0.2, 0.25) is 5.91 Å². The van der Waals surface area contributed by atoms with Gasteiger partial charge in [0.25, 0.3) is 5.91 Å². The van der Waals surface area contributed by atoms with Crippen LogP contribution in [0.2, 0.25) is 5.15 Å². The Morgan fingerprint density at radius 1 is 1.04 bits per heavy atom. The van der Waals surface area contributed by atoms with E-state index in [1.165, 1.54) is 30.4 Å². The number of pyridine rings is 1. The third kappa shape index (κ3) is 6.72. The monoisotopic (exact) mass is 652 g/mol. The molecule has 1 fully saturated rings. The number of carbonyl (C=O) groups is 3. The van der Waals surface area contributed by atoms with Crippen molar-refractivity contribution in [1.82, 2.24) is 30.1 Å². The van der Waals surface area contributed by atoms with Gasteiger partial charge < -0.3 is 24.6 Å². The average molecular weight is 653 g/mol. The maximum absolute atomic E-state index is 13.2. The van der Waals surface area contributed by atoms with Gasteiger partial charge in [0.1, 0.15) is 29.9 Å². The van der Waals surface area contributed by atoms with E-state index in [1.54, 1.807) is 24.1 Å². The number of aromatic nitrogens is 3. The number of amides is 3. The molecule has 2 aromatic carbocycles. The third-order valence-corrected chi connectivity index (χ3v) is 8.55. The van der Waals surface area contributed by atoms with E-state index in [2.05, 4.69) is 51.1 Å². The number of hydrogen-bond acceptors (Lipinski definition) is 8. The molecule has 1 aliphatic heterocycles. The molecule has 240 valence electrons. The van der Waals surface area contributed by atoms with Crippen LogP contribution < -0.4 is 5.32 Å². The first-order valence-corrected chi connectivity index (χ1v) is 15.5. The minimum atomic E-state index is -0.604. The van der Waals surface area contributed by atoms with Gasteiger partial charge in [-0.25, -0.2) is 19.7 Å². The number of fused-ring (bicyclic) bond motifs is 3. The first-order valence-electron chi connectivity index (χ1n) is 15.1. The van der Waals surface area contributed by atoms with Crippen LogP contribution in [0.5, 0.6) is 0 Å². The highest BCUT2D eigenvalue weighted by Crippen LogP contribution is 2.44. The van der Waals surface area contributed by atoms with Crippen LogP contribution >= 0.6 is 11.6 Å². The molecule has 6 rings (SSSR count). The minimum absolute atomic E-state index is 0.0660. The zero-order valence-electron chi connectivity index (χ0n) is 25.9. The number of benzene rings is 2. The van der Waals surface area contributed by atoms with Gasteiger partial charge in [0.05, 0.1) is 30.6 Å². The number of morpholine rings is 1. The quantitative estimate of drug-likeness (QED) is 0.211. The number of rotatable bonds is 8. The van der Waals surface area contributed by atoms with E-state index < -0.39 is 18.3 Å². The molecule has 0 radical (unpaired) electrons. The van der Waals surface area contributed by atoms with Crippen LogP contribution in [0.3, 0.4) is 0 Å². The molecule has 2 aliphatic rings. The Hall–Kier alpha value is -5.13. The van der Waals surface area contributed by atoms with Gasteiger partial charge in [-0.1, -0.05) is 66.7 Å².